The number of hydrogen-bond acceptors (Lipinski definition) is 4. The number of aromatic nitrogens is 4. The van der Waals surface area contributed by atoms with E-state index in [4.69, 9.17) is 5.73 Å². The van der Waals surface area contributed by atoms with Gasteiger partial charge in [-0.3, -0.25) is 4.68 Å². The Morgan fingerprint density at radius 1 is 1.53 bits per heavy atom. The van der Waals surface area contributed by atoms with Crippen LogP contribution < -0.4 is 5.73 Å². The lowest BCUT2D eigenvalue weighted by Crippen LogP contribution is -2.01. The van der Waals surface area contributed by atoms with Crippen LogP contribution in [0.4, 0.5) is 5.69 Å². The van der Waals surface area contributed by atoms with Gasteiger partial charge in [0.1, 0.15) is 0 Å². The first-order valence-corrected chi connectivity index (χ1v) is 5.62. The monoisotopic (exact) mass is 223 g/mol. The molecule has 0 aliphatic rings. The molecule has 2 rings (SSSR count). The maximum atomic E-state index is 5.56. The molecule has 0 saturated carbocycles. The summed E-state index contributed by atoms with van der Waals surface area (Å²) >= 11 is 1.71. The summed E-state index contributed by atoms with van der Waals surface area (Å²) in [6, 6.07) is 0. The van der Waals surface area contributed by atoms with Crippen LogP contribution >= 0.6 is 11.8 Å². The van der Waals surface area contributed by atoms with Gasteiger partial charge in [0.2, 0.25) is 0 Å². The number of imidazole rings is 1. The molecule has 0 fully saturated rings. The van der Waals surface area contributed by atoms with E-state index in [0.717, 1.165) is 17.5 Å². The van der Waals surface area contributed by atoms with E-state index in [1.807, 2.05) is 28.7 Å². The summed E-state index contributed by atoms with van der Waals surface area (Å²) in [5.74, 6) is 0.936. The number of nitrogen functional groups attached to an aromatic ring is 1. The number of hydrogen-bond donors (Lipinski definition) is 1. The average molecular weight is 223 g/mol. The highest BCUT2D eigenvalue weighted by atomic mass is 32.2. The molecule has 5 nitrogen and oxygen atoms in total. The number of aryl methyl sites for hydroxylation is 2. The van der Waals surface area contributed by atoms with Gasteiger partial charge in [-0.15, -0.1) is 0 Å². The summed E-state index contributed by atoms with van der Waals surface area (Å²) < 4.78 is 3.84. The molecule has 2 N–H and O–H groups in total. The molecule has 15 heavy (non-hydrogen) atoms. The molecular formula is C9H13N5S. The molecule has 0 aliphatic heterocycles. The van der Waals surface area contributed by atoms with Crippen LogP contribution in [-0.2, 0) is 13.6 Å². The fourth-order valence-corrected chi connectivity index (χ4v) is 2.08. The van der Waals surface area contributed by atoms with Crippen molar-refractivity contribution in [1.82, 2.24) is 19.3 Å². The molecule has 0 aromatic carbocycles. The molecule has 0 spiro atoms. The van der Waals surface area contributed by atoms with Gasteiger partial charge >= 0.3 is 0 Å². The van der Waals surface area contributed by atoms with Crippen LogP contribution in [0.5, 0.6) is 0 Å². The molecule has 2 aromatic heterocycles. The Hall–Kier alpha value is -1.43. The summed E-state index contributed by atoms with van der Waals surface area (Å²) in [4.78, 5) is 4.22. The minimum atomic E-state index is 0.706. The standard InChI is InChI=1S/C9H13N5S/c1-13-3-2-11-9(13)15-5-4-14-7-8(10)6-12-14/h2-3,6-7H,4-5,10H2,1H3. The van der Waals surface area contributed by atoms with E-state index < -0.39 is 0 Å². The number of nitrogens with zero attached hydrogens (tertiary/aromatic N) is 4. The summed E-state index contributed by atoms with van der Waals surface area (Å²) in [6.45, 7) is 0.842. The van der Waals surface area contributed by atoms with Gasteiger partial charge in [0, 0.05) is 31.4 Å². The molecule has 0 amide bonds. The van der Waals surface area contributed by atoms with Crippen molar-refractivity contribution in [2.75, 3.05) is 11.5 Å². The smallest absolute Gasteiger partial charge is 0.167 e. The van der Waals surface area contributed by atoms with E-state index in [0.29, 0.717) is 5.69 Å². The molecule has 0 unspecified atom stereocenters. The quantitative estimate of drug-likeness (QED) is 0.785. The molecule has 0 bridgehead atoms. The Morgan fingerprint density at radius 3 is 3.00 bits per heavy atom. The van der Waals surface area contributed by atoms with Crippen molar-refractivity contribution >= 4 is 17.4 Å². The Bertz CT molecular complexity index is 433. The Kier molecular flexibility index (Phi) is 2.96. The third-order valence-corrected chi connectivity index (χ3v) is 3.02. The highest BCUT2D eigenvalue weighted by Gasteiger charge is 2.00. The van der Waals surface area contributed by atoms with Gasteiger partial charge in [-0.05, 0) is 0 Å². The van der Waals surface area contributed by atoms with Crippen molar-refractivity contribution in [1.29, 1.82) is 0 Å². The maximum Gasteiger partial charge on any atom is 0.167 e. The molecule has 0 aliphatic carbocycles. The van der Waals surface area contributed by atoms with Gasteiger partial charge in [-0.1, -0.05) is 11.8 Å². The molecule has 80 valence electrons. The molecular weight excluding hydrogens is 210 g/mol. The zero-order chi connectivity index (χ0) is 10.7. The van der Waals surface area contributed by atoms with Crippen LogP contribution in [0.25, 0.3) is 0 Å². The van der Waals surface area contributed by atoms with Gasteiger partial charge in [0.25, 0.3) is 0 Å². The molecule has 0 radical (unpaired) electrons. The van der Waals surface area contributed by atoms with E-state index in [2.05, 4.69) is 10.1 Å². The number of anilines is 1. The van der Waals surface area contributed by atoms with Crippen LogP contribution in [0.2, 0.25) is 0 Å². The predicted octanol–water partition coefficient (Wildman–Crippen LogP) is 0.991. The largest absolute Gasteiger partial charge is 0.396 e. The lowest BCUT2D eigenvalue weighted by atomic mass is 10.6. The maximum absolute atomic E-state index is 5.56. The minimum Gasteiger partial charge on any atom is -0.396 e. The number of rotatable bonds is 4. The minimum absolute atomic E-state index is 0.706. The molecule has 0 atom stereocenters. The summed E-state index contributed by atoms with van der Waals surface area (Å²) in [6.07, 6.45) is 7.23. The third-order valence-electron chi connectivity index (χ3n) is 1.98. The van der Waals surface area contributed by atoms with E-state index in [-0.39, 0.29) is 0 Å². The fourth-order valence-electron chi connectivity index (χ4n) is 1.22. The van der Waals surface area contributed by atoms with Gasteiger partial charge in [0.05, 0.1) is 18.4 Å². The van der Waals surface area contributed by atoms with Gasteiger partial charge < -0.3 is 10.3 Å². The van der Waals surface area contributed by atoms with Crippen LogP contribution in [0.15, 0.2) is 29.9 Å². The first kappa shape index (κ1) is 10.1. The summed E-state index contributed by atoms with van der Waals surface area (Å²) in [7, 11) is 1.99. The number of nitrogens with two attached hydrogens (primary N) is 1. The summed E-state index contributed by atoms with van der Waals surface area (Å²) in [5, 5.41) is 5.13. The fraction of sp³-hybridized carbons (Fsp3) is 0.333. The van der Waals surface area contributed by atoms with Crippen molar-refractivity contribution in [2.45, 2.75) is 11.7 Å². The predicted molar refractivity (Wildman–Crippen MR) is 60.6 cm³/mol. The van der Waals surface area contributed by atoms with Crippen molar-refractivity contribution in [2.24, 2.45) is 7.05 Å². The van der Waals surface area contributed by atoms with E-state index in [1.54, 1.807) is 24.2 Å². The van der Waals surface area contributed by atoms with Gasteiger partial charge in [-0.2, -0.15) is 5.10 Å². The van der Waals surface area contributed by atoms with Crippen molar-refractivity contribution in [3.63, 3.8) is 0 Å². The van der Waals surface area contributed by atoms with Gasteiger partial charge in [-0.25, -0.2) is 4.98 Å². The lowest BCUT2D eigenvalue weighted by Gasteiger charge is -2.01. The molecule has 0 saturated heterocycles. The second-order valence-corrected chi connectivity index (χ2v) is 4.27. The van der Waals surface area contributed by atoms with Crippen LogP contribution in [0, 0.1) is 0 Å². The molecule has 2 heterocycles. The topological polar surface area (TPSA) is 61.7 Å². The molecule has 2 aromatic rings. The van der Waals surface area contributed by atoms with Crippen LogP contribution in [0.3, 0.4) is 0 Å². The van der Waals surface area contributed by atoms with Crippen molar-refractivity contribution < 1.29 is 0 Å². The molecule has 6 heteroatoms. The van der Waals surface area contributed by atoms with Crippen LogP contribution in [0.1, 0.15) is 0 Å². The van der Waals surface area contributed by atoms with Crippen molar-refractivity contribution in [3.8, 4) is 0 Å². The SMILES string of the molecule is Cn1ccnc1SCCn1cc(N)cn1. The normalized spacial score (nSPS) is 10.7. The third kappa shape index (κ3) is 2.53. The average Bonchev–Trinajstić information content (AvgIpc) is 2.77. The van der Waals surface area contributed by atoms with Crippen molar-refractivity contribution in [3.05, 3.63) is 24.8 Å². The first-order chi connectivity index (χ1) is 7.25. The zero-order valence-corrected chi connectivity index (χ0v) is 9.31. The van der Waals surface area contributed by atoms with E-state index in [1.165, 1.54) is 0 Å². The first-order valence-electron chi connectivity index (χ1n) is 4.64. The Balaban J connectivity index is 1.83. The second-order valence-electron chi connectivity index (χ2n) is 3.21. The lowest BCUT2D eigenvalue weighted by molar-refractivity contribution is 0.665. The highest BCUT2D eigenvalue weighted by molar-refractivity contribution is 7.99. The van der Waals surface area contributed by atoms with Crippen LogP contribution in [-0.4, -0.2) is 25.1 Å². The summed E-state index contributed by atoms with van der Waals surface area (Å²) in [5.41, 5.74) is 6.27. The highest BCUT2D eigenvalue weighted by Crippen LogP contribution is 2.14. The van der Waals surface area contributed by atoms with E-state index in [9.17, 15) is 0 Å². The Labute approximate surface area is 92.3 Å². The Morgan fingerprint density at radius 2 is 2.40 bits per heavy atom. The van der Waals surface area contributed by atoms with Gasteiger partial charge in [0.15, 0.2) is 5.16 Å². The van der Waals surface area contributed by atoms with E-state index >= 15 is 0 Å². The number of thioether (sulfide) groups is 1. The zero-order valence-electron chi connectivity index (χ0n) is 8.50. The second kappa shape index (κ2) is 4.39.